The van der Waals surface area contributed by atoms with E-state index in [0.717, 1.165) is 32.1 Å². The van der Waals surface area contributed by atoms with E-state index >= 15 is 0 Å². The Morgan fingerprint density at radius 3 is 1.83 bits per heavy atom. The van der Waals surface area contributed by atoms with Gasteiger partial charge in [-0.2, -0.15) is 0 Å². The summed E-state index contributed by atoms with van der Waals surface area (Å²) in [5, 5.41) is 21.2. The highest BCUT2D eigenvalue weighted by Gasteiger charge is 2.28. The first kappa shape index (κ1) is 39.2. The number of esters is 1. The number of hydrogen-bond donors (Lipinski definition) is 4. The van der Waals surface area contributed by atoms with Crippen LogP contribution < -0.4 is 5.32 Å². The molecule has 41 heavy (non-hydrogen) atoms. The van der Waals surface area contributed by atoms with Crippen molar-refractivity contribution in [3.8, 4) is 0 Å². The van der Waals surface area contributed by atoms with Gasteiger partial charge in [0.2, 0.25) is 5.91 Å². The summed E-state index contributed by atoms with van der Waals surface area (Å²) in [6.45, 7) is 1.89. The van der Waals surface area contributed by atoms with Crippen molar-refractivity contribution in [2.45, 2.75) is 135 Å². The molecule has 3 atom stereocenters. The highest BCUT2D eigenvalue weighted by Crippen LogP contribution is 2.43. The number of carboxylic acids is 1. The Bertz CT molecular complexity index is 777. The third kappa shape index (κ3) is 25.6. The summed E-state index contributed by atoms with van der Waals surface area (Å²) in [7, 11) is -4.71. The second-order valence-electron chi connectivity index (χ2n) is 10.3. The fourth-order valence-electron chi connectivity index (χ4n) is 3.88. The quantitative estimate of drug-likeness (QED) is 0.0368. The molecule has 0 bridgehead atoms. The summed E-state index contributed by atoms with van der Waals surface area (Å²) in [4.78, 5) is 44.3. The summed E-state index contributed by atoms with van der Waals surface area (Å²) < 4.78 is 25.9. The summed E-state index contributed by atoms with van der Waals surface area (Å²) in [5.41, 5.74) is 0. The fourth-order valence-corrected chi connectivity index (χ4v) is 4.65. The predicted molar refractivity (Wildman–Crippen MR) is 157 cm³/mol. The Kier molecular flexibility index (Phi) is 24.8. The molecule has 0 aliphatic rings. The number of hydrogen-bond acceptors (Lipinski definition) is 8. The topological polar surface area (TPSA) is 169 Å². The smallest absolute Gasteiger partial charge is 0.472 e. The van der Waals surface area contributed by atoms with Gasteiger partial charge < -0.3 is 25.2 Å². The number of nitrogens with one attached hydrogen (secondary N) is 1. The first-order valence-corrected chi connectivity index (χ1v) is 16.7. The Labute approximate surface area is 246 Å². The zero-order chi connectivity index (χ0) is 30.8. The van der Waals surface area contributed by atoms with Gasteiger partial charge in [-0.15, -0.1) is 0 Å². The number of allylic oxidation sites excluding steroid dienone is 2. The van der Waals surface area contributed by atoms with Crippen LogP contribution in [0.1, 0.15) is 123 Å². The minimum Gasteiger partial charge on any atom is -0.480 e. The molecule has 0 rings (SSSR count). The van der Waals surface area contributed by atoms with Gasteiger partial charge in [-0.25, -0.2) is 9.36 Å². The second-order valence-corrected chi connectivity index (χ2v) is 11.7. The van der Waals surface area contributed by atoms with E-state index < -0.39 is 57.6 Å². The van der Waals surface area contributed by atoms with Crippen LogP contribution in [0, 0.1) is 0 Å². The Morgan fingerprint density at radius 1 is 0.780 bits per heavy atom. The molecule has 11 nitrogen and oxygen atoms in total. The molecule has 0 radical (unpaired) electrons. The molecular weight excluding hydrogens is 553 g/mol. The number of phosphoric ester groups is 1. The first-order valence-electron chi connectivity index (χ1n) is 15.2. The second kappa shape index (κ2) is 25.9. The number of carbonyl (C=O) groups is 3. The number of phosphoric acid groups is 1. The lowest BCUT2D eigenvalue weighted by Crippen LogP contribution is -2.43. The molecule has 0 aromatic heterocycles. The maximum Gasteiger partial charge on any atom is 0.472 e. The lowest BCUT2D eigenvalue weighted by molar-refractivity contribution is -0.146. The van der Waals surface area contributed by atoms with E-state index in [2.05, 4.69) is 38.2 Å². The van der Waals surface area contributed by atoms with Gasteiger partial charge in [0.25, 0.3) is 0 Å². The molecule has 4 N–H and O–H groups in total. The number of ether oxygens (including phenoxy) is 1. The summed E-state index contributed by atoms with van der Waals surface area (Å²) >= 11 is 0. The third-order valence-electron chi connectivity index (χ3n) is 6.36. The largest absolute Gasteiger partial charge is 0.480 e. The Morgan fingerprint density at radius 2 is 1.29 bits per heavy atom. The van der Waals surface area contributed by atoms with Gasteiger partial charge in [-0.05, 0) is 32.1 Å². The fraction of sp³-hybridized carbons (Fsp3) is 0.828. The highest BCUT2D eigenvalue weighted by atomic mass is 31.2. The normalized spacial score (nSPS) is 14.4. The van der Waals surface area contributed by atoms with Crippen molar-refractivity contribution in [1.29, 1.82) is 0 Å². The van der Waals surface area contributed by atoms with Gasteiger partial charge in [0, 0.05) is 12.8 Å². The van der Waals surface area contributed by atoms with E-state index in [9.17, 15) is 34.1 Å². The van der Waals surface area contributed by atoms with Crippen molar-refractivity contribution in [2.75, 3.05) is 19.8 Å². The standard InChI is InChI=1S/C29H54NO10P/c1-3-5-6-7-8-9-10-11-12-13-14-15-16-17-18-19-20-21-27(32)30-26(29(34)35)24-40-41(36,37)39-23-25(31)22-38-28(33)4-2/h11-12,25-26,31H,3-10,13-24H2,1-2H3,(H,30,32)(H,34,35)(H,36,37)/b12-11-. The van der Waals surface area contributed by atoms with Gasteiger partial charge in [0.1, 0.15) is 12.7 Å². The minimum atomic E-state index is -4.71. The van der Waals surface area contributed by atoms with Gasteiger partial charge in [0.15, 0.2) is 6.04 Å². The SMILES string of the molecule is CCCCCCCC/C=C\CCCCCCCCCC(=O)NC(COP(=O)(O)OCC(O)COC(=O)CC)C(=O)O. The van der Waals surface area contributed by atoms with E-state index in [0.29, 0.717) is 6.42 Å². The molecule has 0 saturated carbocycles. The molecule has 240 valence electrons. The number of unbranched alkanes of at least 4 members (excludes halogenated alkanes) is 13. The van der Waals surface area contributed by atoms with Crippen LogP contribution in [0.3, 0.4) is 0 Å². The zero-order valence-corrected chi connectivity index (χ0v) is 26.0. The van der Waals surface area contributed by atoms with Crippen molar-refractivity contribution in [1.82, 2.24) is 5.32 Å². The minimum absolute atomic E-state index is 0.106. The third-order valence-corrected chi connectivity index (χ3v) is 7.31. The number of carbonyl (C=O) groups excluding carboxylic acids is 2. The average Bonchev–Trinajstić information content (AvgIpc) is 2.94. The number of rotatable bonds is 28. The monoisotopic (exact) mass is 607 g/mol. The van der Waals surface area contributed by atoms with Crippen LogP contribution in [0.5, 0.6) is 0 Å². The molecule has 12 heteroatoms. The molecule has 0 aromatic rings. The van der Waals surface area contributed by atoms with Crippen LogP contribution in [0.2, 0.25) is 0 Å². The van der Waals surface area contributed by atoms with Gasteiger partial charge >= 0.3 is 19.8 Å². The van der Waals surface area contributed by atoms with E-state index in [4.69, 9.17) is 0 Å². The maximum atomic E-state index is 12.1. The van der Waals surface area contributed by atoms with Crippen molar-refractivity contribution in [2.24, 2.45) is 0 Å². The lowest BCUT2D eigenvalue weighted by Gasteiger charge is -2.18. The van der Waals surface area contributed by atoms with Crippen LogP contribution in [0.4, 0.5) is 0 Å². The van der Waals surface area contributed by atoms with E-state index in [-0.39, 0.29) is 12.8 Å². The molecule has 0 heterocycles. The summed E-state index contributed by atoms with van der Waals surface area (Å²) in [6.07, 6.45) is 20.9. The van der Waals surface area contributed by atoms with E-state index in [1.165, 1.54) is 57.8 Å². The molecule has 0 spiro atoms. The van der Waals surface area contributed by atoms with Crippen LogP contribution in [0.25, 0.3) is 0 Å². The van der Waals surface area contributed by atoms with Crippen LogP contribution in [-0.4, -0.2) is 64.9 Å². The van der Waals surface area contributed by atoms with Crippen molar-refractivity contribution in [3.63, 3.8) is 0 Å². The van der Waals surface area contributed by atoms with Crippen LogP contribution >= 0.6 is 7.82 Å². The van der Waals surface area contributed by atoms with Gasteiger partial charge in [-0.1, -0.05) is 90.2 Å². The Balaban J connectivity index is 3.90. The number of aliphatic hydroxyl groups excluding tert-OH is 1. The van der Waals surface area contributed by atoms with Crippen molar-refractivity contribution < 1.29 is 47.8 Å². The van der Waals surface area contributed by atoms with Crippen molar-refractivity contribution in [3.05, 3.63) is 12.2 Å². The van der Waals surface area contributed by atoms with Gasteiger partial charge in [-0.3, -0.25) is 18.6 Å². The summed E-state index contributed by atoms with van der Waals surface area (Å²) in [6, 6.07) is -1.54. The average molecular weight is 608 g/mol. The number of carboxylic acid groups (broad SMARTS) is 1. The molecule has 1 amide bonds. The zero-order valence-electron chi connectivity index (χ0n) is 25.1. The van der Waals surface area contributed by atoms with Crippen LogP contribution in [-0.2, 0) is 32.7 Å². The molecule has 0 aliphatic carbocycles. The number of aliphatic carboxylic acids is 1. The van der Waals surface area contributed by atoms with Crippen molar-refractivity contribution >= 4 is 25.7 Å². The number of aliphatic hydroxyl groups is 1. The highest BCUT2D eigenvalue weighted by molar-refractivity contribution is 7.47. The van der Waals surface area contributed by atoms with Gasteiger partial charge in [0.05, 0.1) is 13.2 Å². The van der Waals surface area contributed by atoms with E-state index in [1.54, 1.807) is 6.92 Å². The summed E-state index contributed by atoms with van der Waals surface area (Å²) in [5.74, 6) is -2.47. The first-order chi connectivity index (χ1) is 19.6. The van der Waals surface area contributed by atoms with Crippen LogP contribution in [0.15, 0.2) is 12.2 Å². The predicted octanol–water partition coefficient (Wildman–Crippen LogP) is 5.82. The molecule has 0 fully saturated rings. The molecule has 0 aliphatic heterocycles. The maximum absolute atomic E-state index is 12.1. The Hall–Kier alpha value is -1.78. The number of amides is 1. The van der Waals surface area contributed by atoms with E-state index in [1.807, 2.05) is 0 Å². The molecule has 0 aromatic carbocycles. The molecular formula is C29H54NO10P. The lowest BCUT2D eigenvalue weighted by atomic mass is 10.1. The molecule has 3 unspecified atom stereocenters. The molecule has 0 saturated heterocycles.